The molecule has 1 heterocycles. The van der Waals surface area contributed by atoms with Crippen molar-refractivity contribution in [3.63, 3.8) is 0 Å². The Hall–Kier alpha value is -4.11. The molecule has 0 aliphatic rings. The lowest BCUT2D eigenvalue weighted by atomic mass is 10.0. The van der Waals surface area contributed by atoms with Crippen LogP contribution in [0, 0.1) is 11.5 Å². The number of aromatic nitrogens is 1. The fraction of sp³-hybridized carbons (Fsp3) is 0.250. The van der Waals surface area contributed by atoms with Crippen LogP contribution >= 0.6 is 0 Å². The number of H-pyrrole nitrogens is 1. The number of amides is 2. The maximum Gasteiger partial charge on any atom is 0.258 e. The van der Waals surface area contributed by atoms with E-state index < -0.39 is 6.04 Å². The summed E-state index contributed by atoms with van der Waals surface area (Å²) in [7, 11) is 0. The minimum Gasteiger partial charge on any atom is -0.361 e. The first-order valence-electron chi connectivity index (χ1n) is 11.6. The molecule has 0 fully saturated rings. The highest BCUT2D eigenvalue weighted by Gasteiger charge is 2.25. The number of para-hydroxylation sites is 1. The zero-order chi connectivity index (χ0) is 23.9. The highest BCUT2D eigenvalue weighted by Crippen LogP contribution is 2.20. The van der Waals surface area contributed by atoms with Gasteiger partial charge < -0.3 is 10.3 Å². The largest absolute Gasteiger partial charge is 0.361 e. The van der Waals surface area contributed by atoms with Crippen molar-refractivity contribution >= 4 is 33.5 Å². The van der Waals surface area contributed by atoms with Crippen LogP contribution in [0.1, 0.15) is 30.9 Å². The molecule has 0 saturated heterocycles. The molecule has 4 aromatic rings. The number of nitrogens with one attached hydrogen (secondary N) is 2. The van der Waals surface area contributed by atoms with Crippen molar-refractivity contribution in [2.75, 3.05) is 6.54 Å². The van der Waals surface area contributed by atoms with Crippen LogP contribution in [0.3, 0.4) is 0 Å². The summed E-state index contributed by atoms with van der Waals surface area (Å²) in [6.45, 7) is 2.01. The van der Waals surface area contributed by atoms with E-state index >= 15 is 0 Å². The van der Waals surface area contributed by atoms with E-state index in [4.69, 9.17) is 0 Å². The average molecular weight is 453 g/mol. The number of nitriles is 1. The minimum absolute atomic E-state index is 0.187. The van der Waals surface area contributed by atoms with Crippen LogP contribution in [0.15, 0.2) is 72.9 Å². The average Bonchev–Trinajstić information content (AvgIpc) is 3.27. The number of nitrogens with zero attached hydrogens (tertiary/aromatic N) is 2. The fourth-order valence-corrected chi connectivity index (χ4v) is 4.31. The Labute approximate surface area is 199 Å². The topological polar surface area (TPSA) is 89.0 Å². The molecule has 34 heavy (non-hydrogen) atoms. The van der Waals surface area contributed by atoms with Gasteiger partial charge in [-0.25, -0.2) is 4.90 Å². The molecule has 1 unspecified atom stereocenters. The lowest BCUT2D eigenvalue weighted by Gasteiger charge is -2.22. The van der Waals surface area contributed by atoms with Crippen LogP contribution < -0.4 is 5.32 Å². The second-order valence-electron chi connectivity index (χ2n) is 8.40. The van der Waals surface area contributed by atoms with E-state index in [1.54, 1.807) is 6.92 Å². The number of fused-ring (bicyclic) bond motifs is 2. The number of rotatable bonds is 9. The SMILES string of the molecule is CCN(C#N)C(=O)C(Cc1ccc2ccccc2c1)NC(=O)CCCc1c[nH]c2ccccc12. The predicted octanol–water partition coefficient (Wildman–Crippen LogP) is 4.70. The standard InChI is InChI=1S/C28H28N4O2/c1-2-32(19-29)28(34)26(17-20-14-15-21-8-3-4-9-22(21)16-20)31-27(33)13-7-10-23-18-30-25-12-6-5-11-24(23)25/h3-6,8-9,11-12,14-16,18,26,30H,2,7,10,13,17H2,1H3,(H,31,33). The van der Waals surface area contributed by atoms with Gasteiger partial charge in [-0.2, -0.15) is 5.26 Å². The summed E-state index contributed by atoms with van der Waals surface area (Å²) in [4.78, 5) is 30.1. The van der Waals surface area contributed by atoms with E-state index in [-0.39, 0.29) is 18.4 Å². The molecule has 1 aromatic heterocycles. The number of hydrogen-bond acceptors (Lipinski definition) is 3. The van der Waals surface area contributed by atoms with Crippen LogP contribution in [-0.4, -0.2) is 34.3 Å². The maximum atomic E-state index is 13.0. The lowest BCUT2D eigenvalue weighted by molar-refractivity contribution is -0.133. The van der Waals surface area contributed by atoms with E-state index in [0.717, 1.165) is 33.2 Å². The molecule has 2 amide bonds. The summed E-state index contributed by atoms with van der Waals surface area (Å²) in [6, 6.07) is 21.3. The van der Waals surface area contributed by atoms with Gasteiger partial charge in [-0.3, -0.25) is 9.59 Å². The van der Waals surface area contributed by atoms with E-state index in [0.29, 0.717) is 19.3 Å². The third kappa shape index (κ3) is 5.26. The van der Waals surface area contributed by atoms with Crippen LogP contribution in [0.4, 0.5) is 0 Å². The summed E-state index contributed by atoms with van der Waals surface area (Å²) in [5, 5.41) is 15.6. The number of aryl methyl sites for hydroxylation is 1. The van der Waals surface area contributed by atoms with Gasteiger partial charge in [-0.05, 0) is 47.7 Å². The molecule has 0 spiro atoms. The highest BCUT2D eigenvalue weighted by molar-refractivity contribution is 5.89. The summed E-state index contributed by atoms with van der Waals surface area (Å²) in [6.07, 6.45) is 5.98. The number of aromatic amines is 1. The lowest BCUT2D eigenvalue weighted by Crippen LogP contribution is -2.48. The molecule has 172 valence electrons. The number of carbonyl (C=O) groups excluding carboxylic acids is 2. The Kier molecular flexibility index (Phi) is 7.24. The number of hydrogen-bond donors (Lipinski definition) is 2. The van der Waals surface area contributed by atoms with Crippen LogP contribution in [-0.2, 0) is 22.4 Å². The van der Waals surface area contributed by atoms with Crippen molar-refractivity contribution in [1.82, 2.24) is 15.2 Å². The van der Waals surface area contributed by atoms with Crippen molar-refractivity contribution in [1.29, 1.82) is 5.26 Å². The molecule has 0 saturated carbocycles. The van der Waals surface area contributed by atoms with Crippen molar-refractivity contribution in [3.05, 3.63) is 84.1 Å². The Morgan fingerprint density at radius 1 is 1.06 bits per heavy atom. The Balaban J connectivity index is 1.43. The Morgan fingerprint density at radius 3 is 2.62 bits per heavy atom. The van der Waals surface area contributed by atoms with Crippen molar-refractivity contribution in [2.24, 2.45) is 0 Å². The molecule has 2 N–H and O–H groups in total. The summed E-state index contributed by atoms with van der Waals surface area (Å²) >= 11 is 0. The number of likely N-dealkylation sites (N-methyl/N-ethyl adjacent to an activating group) is 1. The molecule has 0 aliphatic heterocycles. The Bertz CT molecular complexity index is 1350. The molecule has 3 aromatic carbocycles. The van der Waals surface area contributed by atoms with E-state index in [1.165, 1.54) is 10.9 Å². The van der Waals surface area contributed by atoms with Gasteiger partial charge in [0.15, 0.2) is 6.19 Å². The van der Waals surface area contributed by atoms with Crippen LogP contribution in [0.2, 0.25) is 0 Å². The molecular weight excluding hydrogens is 424 g/mol. The second kappa shape index (κ2) is 10.7. The molecule has 6 heteroatoms. The number of carbonyl (C=O) groups is 2. The maximum absolute atomic E-state index is 13.0. The Morgan fingerprint density at radius 2 is 1.82 bits per heavy atom. The summed E-state index contributed by atoms with van der Waals surface area (Å²) in [5.41, 5.74) is 3.19. The van der Waals surface area contributed by atoms with Gasteiger partial charge in [0, 0.05) is 36.5 Å². The van der Waals surface area contributed by atoms with Crippen LogP contribution in [0.5, 0.6) is 0 Å². The van der Waals surface area contributed by atoms with Gasteiger partial charge in [0.05, 0.1) is 0 Å². The zero-order valence-electron chi connectivity index (χ0n) is 19.3. The van der Waals surface area contributed by atoms with E-state index in [9.17, 15) is 14.9 Å². The molecule has 4 rings (SSSR count). The summed E-state index contributed by atoms with van der Waals surface area (Å²) in [5.74, 6) is -0.573. The van der Waals surface area contributed by atoms with E-state index in [2.05, 4.69) is 16.4 Å². The normalized spacial score (nSPS) is 11.8. The van der Waals surface area contributed by atoms with Gasteiger partial charge in [-0.1, -0.05) is 60.7 Å². The molecule has 0 radical (unpaired) electrons. The molecule has 0 aliphatic carbocycles. The van der Waals surface area contributed by atoms with Gasteiger partial charge in [0.2, 0.25) is 5.91 Å². The van der Waals surface area contributed by atoms with Gasteiger partial charge >= 0.3 is 0 Å². The first kappa shape index (κ1) is 23.1. The molecular formula is C28H28N4O2. The zero-order valence-corrected chi connectivity index (χ0v) is 19.3. The number of benzene rings is 3. The van der Waals surface area contributed by atoms with Gasteiger partial charge in [0.1, 0.15) is 6.04 Å². The fourth-order valence-electron chi connectivity index (χ4n) is 4.31. The third-order valence-electron chi connectivity index (χ3n) is 6.11. The molecule has 0 bridgehead atoms. The smallest absolute Gasteiger partial charge is 0.258 e. The van der Waals surface area contributed by atoms with Crippen molar-refractivity contribution in [3.8, 4) is 6.19 Å². The van der Waals surface area contributed by atoms with Crippen molar-refractivity contribution in [2.45, 2.75) is 38.6 Å². The predicted molar refractivity (Wildman–Crippen MR) is 134 cm³/mol. The van der Waals surface area contributed by atoms with Gasteiger partial charge in [-0.15, -0.1) is 0 Å². The van der Waals surface area contributed by atoms with E-state index in [1.807, 2.05) is 73.1 Å². The first-order chi connectivity index (χ1) is 16.6. The van der Waals surface area contributed by atoms with Crippen LogP contribution in [0.25, 0.3) is 21.7 Å². The van der Waals surface area contributed by atoms with Gasteiger partial charge in [0.25, 0.3) is 5.91 Å². The molecule has 1 atom stereocenters. The second-order valence-corrected chi connectivity index (χ2v) is 8.40. The molecule has 6 nitrogen and oxygen atoms in total. The summed E-state index contributed by atoms with van der Waals surface area (Å²) < 4.78 is 0. The third-order valence-corrected chi connectivity index (χ3v) is 6.11. The first-order valence-corrected chi connectivity index (χ1v) is 11.6. The monoisotopic (exact) mass is 452 g/mol. The highest BCUT2D eigenvalue weighted by atomic mass is 16.2. The van der Waals surface area contributed by atoms with Crippen molar-refractivity contribution < 1.29 is 9.59 Å². The quantitative estimate of drug-likeness (QED) is 0.285. The minimum atomic E-state index is -0.790.